The van der Waals surface area contributed by atoms with Crippen LogP contribution in [0.5, 0.6) is 0 Å². The molecule has 0 unspecified atom stereocenters. The molecule has 0 amide bonds. The highest BCUT2D eigenvalue weighted by Crippen LogP contribution is 2.35. The smallest absolute Gasteiger partial charge is 0.194 e. The summed E-state index contributed by atoms with van der Waals surface area (Å²) in [4.78, 5) is 14.0. The first-order valence-electron chi connectivity index (χ1n) is 8.71. The molecule has 5 rings (SSSR count). The summed E-state index contributed by atoms with van der Waals surface area (Å²) >= 11 is 8.44. The van der Waals surface area contributed by atoms with Crippen LogP contribution in [-0.4, -0.2) is 25.0 Å². The summed E-state index contributed by atoms with van der Waals surface area (Å²) in [6.07, 6.45) is 10.1. The minimum Gasteiger partial charge on any atom is -0.459 e. The molecule has 138 valence electrons. The molecule has 4 aromatic heterocycles. The molecule has 0 bridgehead atoms. The second-order valence-corrected chi connectivity index (χ2v) is 8.77. The van der Waals surface area contributed by atoms with Crippen molar-refractivity contribution in [3.63, 3.8) is 0 Å². The number of aromatic nitrogens is 4. The van der Waals surface area contributed by atoms with Crippen LogP contribution >= 0.6 is 41.9 Å². The van der Waals surface area contributed by atoms with E-state index < -0.39 is 0 Å². The van der Waals surface area contributed by atoms with Crippen molar-refractivity contribution in [3.8, 4) is 11.4 Å². The monoisotopic (exact) mass is 511 g/mol. The number of hydrogen-bond donors (Lipinski definition) is 1. The van der Waals surface area contributed by atoms with Gasteiger partial charge >= 0.3 is 0 Å². The molecule has 4 aromatic rings. The summed E-state index contributed by atoms with van der Waals surface area (Å²) < 4.78 is 7.65. The van der Waals surface area contributed by atoms with E-state index in [0.29, 0.717) is 22.5 Å². The Balaban J connectivity index is 1.69. The van der Waals surface area contributed by atoms with Crippen LogP contribution < -0.4 is 5.32 Å². The Morgan fingerprint density at radius 2 is 2.15 bits per heavy atom. The lowest BCUT2D eigenvalue weighted by molar-refractivity contribution is 0.612. The van der Waals surface area contributed by atoms with Crippen LogP contribution in [0.2, 0.25) is 5.02 Å². The zero-order valence-electron chi connectivity index (χ0n) is 14.2. The van der Waals surface area contributed by atoms with Crippen molar-refractivity contribution >= 4 is 69.9 Å². The van der Waals surface area contributed by atoms with E-state index in [2.05, 4.69) is 31.5 Å². The third kappa shape index (κ3) is 3.17. The zero-order valence-corrected chi connectivity index (χ0v) is 17.9. The van der Waals surface area contributed by atoms with E-state index in [0.717, 1.165) is 40.8 Å². The van der Waals surface area contributed by atoms with E-state index >= 15 is 0 Å². The van der Waals surface area contributed by atoms with Gasteiger partial charge in [-0.3, -0.25) is 3.97 Å². The summed E-state index contributed by atoms with van der Waals surface area (Å²) in [6.45, 7) is 0. The number of fused-ring (bicyclic) bond motifs is 2. The van der Waals surface area contributed by atoms with Crippen molar-refractivity contribution < 1.29 is 4.42 Å². The van der Waals surface area contributed by atoms with Gasteiger partial charge in [0.15, 0.2) is 22.9 Å². The van der Waals surface area contributed by atoms with Gasteiger partial charge in [-0.2, -0.15) is 0 Å². The maximum Gasteiger partial charge on any atom is 0.194 e. The molecule has 1 N–H and O–H groups in total. The molecule has 0 spiro atoms. The van der Waals surface area contributed by atoms with Gasteiger partial charge in [-0.25, -0.2) is 15.0 Å². The summed E-state index contributed by atoms with van der Waals surface area (Å²) in [6, 6.07) is 4.22. The predicted molar refractivity (Wildman–Crippen MR) is 118 cm³/mol. The number of furan rings is 1. The number of halogens is 2. The van der Waals surface area contributed by atoms with Crippen molar-refractivity contribution in [2.24, 2.45) is 0 Å². The van der Waals surface area contributed by atoms with E-state index in [1.165, 1.54) is 12.8 Å². The van der Waals surface area contributed by atoms with Gasteiger partial charge in [0.05, 0.1) is 11.3 Å². The van der Waals surface area contributed by atoms with Crippen molar-refractivity contribution in [1.29, 1.82) is 0 Å². The minimum atomic E-state index is 0.434. The second-order valence-electron chi connectivity index (χ2n) is 6.62. The highest BCUT2D eigenvalue weighted by Gasteiger charge is 2.21. The Labute approximate surface area is 176 Å². The SMILES string of the molecule is Clc1cnc2c(c1)c(-c1nc(NC3CCCC3)c3occc3n1)cn2SI. The van der Waals surface area contributed by atoms with Gasteiger partial charge < -0.3 is 9.73 Å². The molecule has 1 aliphatic rings. The van der Waals surface area contributed by atoms with E-state index in [-0.39, 0.29) is 0 Å². The Morgan fingerprint density at radius 1 is 1.30 bits per heavy atom. The third-order valence-electron chi connectivity index (χ3n) is 4.89. The fraction of sp³-hybridized carbons (Fsp3) is 0.278. The van der Waals surface area contributed by atoms with E-state index in [4.69, 9.17) is 26.0 Å². The first-order valence-corrected chi connectivity index (χ1v) is 12.4. The molecular formula is C18H15ClIN5OS. The Morgan fingerprint density at radius 3 is 2.96 bits per heavy atom. The fourth-order valence-electron chi connectivity index (χ4n) is 3.63. The van der Waals surface area contributed by atoms with Crippen molar-refractivity contribution in [2.75, 3.05) is 5.32 Å². The third-order valence-corrected chi connectivity index (χ3v) is 6.80. The summed E-state index contributed by atoms with van der Waals surface area (Å²) in [5, 5.41) is 5.08. The van der Waals surface area contributed by atoms with E-state index in [9.17, 15) is 0 Å². The molecule has 6 nitrogen and oxygen atoms in total. The van der Waals surface area contributed by atoms with Gasteiger partial charge in [-0.15, -0.1) is 0 Å². The average molecular weight is 512 g/mol. The van der Waals surface area contributed by atoms with Crippen LogP contribution in [0.4, 0.5) is 5.82 Å². The van der Waals surface area contributed by atoms with Crippen LogP contribution in [0.15, 0.2) is 35.2 Å². The molecule has 9 heteroatoms. The second kappa shape index (κ2) is 7.14. The van der Waals surface area contributed by atoms with Crippen LogP contribution in [-0.2, 0) is 0 Å². The highest BCUT2D eigenvalue weighted by molar-refractivity contribution is 14.2. The van der Waals surface area contributed by atoms with Gasteiger partial charge in [0.2, 0.25) is 0 Å². The minimum absolute atomic E-state index is 0.434. The standard InChI is InChI=1S/C18H15ClIN5OS/c19-10-7-12-13(9-25(27-20)18(12)21-8-10)16-23-14-5-6-26-15(14)17(24-16)22-11-3-1-2-4-11/h5-9,11H,1-4H2,(H,22,23,24). The van der Waals surface area contributed by atoms with Gasteiger partial charge in [0.1, 0.15) is 5.52 Å². The Hall–Kier alpha value is -1.52. The first-order chi connectivity index (χ1) is 13.2. The molecule has 4 heterocycles. The number of anilines is 1. The maximum atomic E-state index is 6.20. The van der Waals surface area contributed by atoms with Crippen LogP contribution in [0, 0.1) is 0 Å². The lowest BCUT2D eigenvalue weighted by Gasteiger charge is -2.13. The van der Waals surface area contributed by atoms with Gasteiger partial charge in [0, 0.05) is 65.8 Å². The molecule has 0 atom stereocenters. The fourth-order valence-corrected chi connectivity index (χ4v) is 5.04. The Bertz CT molecular complexity index is 1140. The first kappa shape index (κ1) is 17.6. The van der Waals surface area contributed by atoms with Gasteiger partial charge in [-0.1, -0.05) is 24.4 Å². The number of nitrogens with one attached hydrogen (secondary N) is 1. The number of nitrogens with zero attached hydrogens (tertiary/aromatic N) is 4. The molecule has 0 saturated heterocycles. The van der Waals surface area contributed by atoms with Crippen LogP contribution in [0.25, 0.3) is 33.5 Å². The van der Waals surface area contributed by atoms with Crippen LogP contribution in [0.3, 0.4) is 0 Å². The quantitative estimate of drug-likeness (QED) is 0.334. The lowest BCUT2D eigenvalue weighted by atomic mass is 10.2. The van der Waals surface area contributed by atoms with Crippen LogP contribution in [0.1, 0.15) is 25.7 Å². The van der Waals surface area contributed by atoms with E-state index in [1.54, 1.807) is 21.6 Å². The van der Waals surface area contributed by atoms with Crippen molar-refractivity contribution in [2.45, 2.75) is 31.7 Å². The summed E-state index contributed by atoms with van der Waals surface area (Å²) in [5.41, 5.74) is 3.24. The zero-order chi connectivity index (χ0) is 18.4. The average Bonchev–Trinajstić information content (AvgIpc) is 3.40. The maximum absolute atomic E-state index is 6.20. The molecule has 0 aromatic carbocycles. The van der Waals surface area contributed by atoms with Gasteiger partial charge in [0.25, 0.3) is 0 Å². The normalized spacial score (nSPS) is 15.2. The predicted octanol–water partition coefficient (Wildman–Crippen LogP) is 6.09. The number of pyridine rings is 1. The molecule has 0 aliphatic heterocycles. The summed E-state index contributed by atoms with van der Waals surface area (Å²) in [5.74, 6) is 1.40. The van der Waals surface area contributed by atoms with Crippen molar-refractivity contribution in [3.05, 3.63) is 35.8 Å². The highest BCUT2D eigenvalue weighted by atomic mass is 127. The number of rotatable bonds is 4. The van der Waals surface area contributed by atoms with Crippen molar-refractivity contribution in [1.82, 2.24) is 18.9 Å². The topological polar surface area (TPSA) is 68.8 Å². The summed E-state index contributed by atoms with van der Waals surface area (Å²) in [7, 11) is 1.55. The van der Waals surface area contributed by atoms with Gasteiger partial charge in [-0.05, 0) is 18.9 Å². The molecule has 27 heavy (non-hydrogen) atoms. The Kier molecular flexibility index (Phi) is 4.65. The molecule has 1 saturated carbocycles. The van der Waals surface area contributed by atoms with E-state index in [1.807, 2.05) is 22.3 Å². The lowest BCUT2D eigenvalue weighted by Crippen LogP contribution is -2.16. The molecule has 1 fully saturated rings. The number of hydrogen-bond acceptors (Lipinski definition) is 6. The molecule has 1 aliphatic carbocycles. The largest absolute Gasteiger partial charge is 0.459 e. The molecular weight excluding hydrogens is 497 g/mol. The molecule has 0 radical (unpaired) electrons.